The summed E-state index contributed by atoms with van der Waals surface area (Å²) in [5.74, 6) is -0.706. The fraction of sp³-hybridized carbons (Fsp3) is 0.115. The Bertz CT molecular complexity index is 1310. The van der Waals surface area contributed by atoms with E-state index in [2.05, 4.69) is 21.2 Å². The molecule has 2 N–H and O–H groups in total. The minimum Gasteiger partial charge on any atom is -0.508 e. The standard InChI is InChI=1S/C26H21BrN2O6/c1-2-34-22-14-17(13-21(27)23(22)35-15-16-6-4-3-5-7-16)12-20-24(31)28-26(33)29(25(20)32)18-8-10-19(30)11-9-18/h3-14,30H,2,15H2,1H3,(H,28,31,33)/b20-12+. The summed E-state index contributed by atoms with van der Waals surface area (Å²) in [5, 5.41) is 11.7. The molecule has 0 unspecified atom stereocenters. The van der Waals surface area contributed by atoms with E-state index in [9.17, 15) is 19.5 Å². The van der Waals surface area contributed by atoms with Gasteiger partial charge in [0.2, 0.25) is 0 Å². The fourth-order valence-electron chi connectivity index (χ4n) is 3.46. The number of hydrogen-bond acceptors (Lipinski definition) is 6. The van der Waals surface area contributed by atoms with Crippen molar-refractivity contribution < 1.29 is 29.0 Å². The number of nitrogens with zero attached hydrogens (tertiary/aromatic N) is 1. The summed E-state index contributed by atoms with van der Waals surface area (Å²) in [7, 11) is 0. The molecule has 0 bridgehead atoms. The van der Waals surface area contributed by atoms with Crippen LogP contribution in [0.25, 0.3) is 6.08 Å². The second kappa shape index (κ2) is 10.4. The molecule has 8 nitrogen and oxygen atoms in total. The van der Waals surface area contributed by atoms with Gasteiger partial charge in [0.25, 0.3) is 11.8 Å². The first kappa shape index (κ1) is 24.0. The van der Waals surface area contributed by atoms with E-state index in [4.69, 9.17) is 9.47 Å². The van der Waals surface area contributed by atoms with Crippen LogP contribution in [0.5, 0.6) is 17.2 Å². The first-order chi connectivity index (χ1) is 16.9. The van der Waals surface area contributed by atoms with E-state index >= 15 is 0 Å². The molecule has 1 fully saturated rings. The van der Waals surface area contributed by atoms with Crippen molar-refractivity contribution in [1.82, 2.24) is 5.32 Å². The van der Waals surface area contributed by atoms with E-state index in [-0.39, 0.29) is 17.0 Å². The van der Waals surface area contributed by atoms with Crippen LogP contribution in [0.4, 0.5) is 10.5 Å². The van der Waals surface area contributed by atoms with Crippen molar-refractivity contribution in [2.45, 2.75) is 13.5 Å². The second-order valence-electron chi connectivity index (χ2n) is 7.51. The van der Waals surface area contributed by atoms with Gasteiger partial charge in [0.15, 0.2) is 11.5 Å². The largest absolute Gasteiger partial charge is 0.508 e. The van der Waals surface area contributed by atoms with Gasteiger partial charge in [0, 0.05) is 0 Å². The zero-order chi connectivity index (χ0) is 24.9. The van der Waals surface area contributed by atoms with Crippen molar-refractivity contribution in [2.24, 2.45) is 0 Å². The summed E-state index contributed by atoms with van der Waals surface area (Å²) in [5.41, 5.74) is 1.46. The van der Waals surface area contributed by atoms with E-state index in [1.165, 1.54) is 30.3 Å². The lowest BCUT2D eigenvalue weighted by Gasteiger charge is -2.26. The molecule has 0 aromatic heterocycles. The Morgan fingerprint density at radius 3 is 2.40 bits per heavy atom. The van der Waals surface area contributed by atoms with Crippen molar-refractivity contribution in [3.63, 3.8) is 0 Å². The van der Waals surface area contributed by atoms with Crippen LogP contribution >= 0.6 is 15.9 Å². The summed E-state index contributed by atoms with van der Waals surface area (Å²) < 4.78 is 12.3. The third-order valence-corrected chi connectivity index (χ3v) is 5.67. The van der Waals surface area contributed by atoms with Crippen molar-refractivity contribution in [3.05, 3.63) is 87.9 Å². The molecule has 178 valence electrons. The molecule has 35 heavy (non-hydrogen) atoms. The van der Waals surface area contributed by atoms with Crippen molar-refractivity contribution in [1.29, 1.82) is 0 Å². The van der Waals surface area contributed by atoms with E-state index < -0.39 is 17.8 Å². The maximum absolute atomic E-state index is 13.1. The lowest BCUT2D eigenvalue weighted by atomic mass is 10.1. The Hall–Kier alpha value is -4.11. The fourth-order valence-corrected chi connectivity index (χ4v) is 4.04. The number of aromatic hydroxyl groups is 1. The van der Waals surface area contributed by atoms with Gasteiger partial charge in [-0.05, 0) is 76.5 Å². The predicted octanol–water partition coefficient (Wildman–Crippen LogP) is 4.80. The van der Waals surface area contributed by atoms with Gasteiger partial charge in [0.05, 0.1) is 16.8 Å². The summed E-state index contributed by atoms with van der Waals surface area (Å²) in [6.45, 7) is 2.53. The van der Waals surface area contributed by atoms with Gasteiger partial charge in [0.1, 0.15) is 17.9 Å². The summed E-state index contributed by atoms with van der Waals surface area (Å²) in [6, 6.07) is 17.6. The molecule has 1 aliphatic heterocycles. The quantitative estimate of drug-likeness (QED) is 0.332. The smallest absolute Gasteiger partial charge is 0.335 e. The molecule has 0 spiro atoms. The van der Waals surface area contributed by atoms with Crippen molar-refractivity contribution in [3.8, 4) is 17.2 Å². The number of hydrogen-bond donors (Lipinski definition) is 2. The van der Waals surface area contributed by atoms with Crippen LogP contribution < -0.4 is 19.7 Å². The Morgan fingerprint density at radius 2 is 1.71 bits per heavy atom. The first-order valence-electron chi connectivity index (χ1n) is 10.7. The molecule has 3 aromatic rings. The first-order valence-corrected chi connectivity index (χ1v) is 11.5. The number of halogens is 1. The normalized spacial score (nSPS) is 14.7. The number of amides is 4. The minimum atomic E-state index is -0.872. The Labute approximate surface area is 209 Å². The van der Waals surface area contributed by atoms with E-state index in [0.29, 0.717) is 34.7 Å². The van der Waals surface area contributed by atoms with E-state index in [1.54, 1.807) is 12.1 Å². The number of ether oxygens (including phenoxy) is 2. The van der Waals surface area contributed by atoms with Crippen LogP contribution in [0.1, 0.15) is 18.1 Å². The Balaban J connectivity index is 1.66. The highest BCUT2D eigenvalue weighted by molar-refractivity contribution is 9.10. The van der Waals surface area contributed by atoms with E-state index in [0.717, 1.165) is 10.5 Å². The molecule has 1 heterocycles. The van der Waals surface area contributed by atoms with E-state index in [1.807, 2.05) is 37.3 Å². The number of carbonyl (C=O) groups is 3. The molecule has 0 aliphatic carbocycles. The number of barbiturate groups is 1. The van der Waals surface area contributed by atoms with Crippen molar-refractivity contribution >= 4 is 45.5 Å². The molecule has 3 aromatic carbocycles. The number of anilines is 1. The maximum atomic E-state index is 13.1. The molecular formula is C26H21BrN2O6. The summed E-state index contributed by atoms with van der Waals surface area (Å²) in [6.07, 6.45) is 1.38. The molecule has 1 saturated heterocycles. The number of nitrogens with one attached hydrogen (secondary N) is 1. The van der Waals surface area contributed by atoms with Crippen LogP contribution in [0.3, 0.4) is 0 Å². The average molecular weight is 537 g/mol. The van der Waals surface area contributed by atoms with Crippen molar-refractivity contribution in [2.75, 3.05) is 11.5 Å². The van der Waals surface area contributed by atoms with Gasteiger partial charge in [-0.2, -0.15) is 0 Å². The number of imide groups is 2. The molecule has 0 saturated carbocycles. The third-order valence-electron chi connectivity index (χ3n) is 5.08. The molecule has 9 heteroatoms. The highest BCUT2D eigenvalue weighted by Crippen LogP contribution is 2.38. The molecular weight excluding hydrogens is 516 g/mol. The lowest BCUT2D eigenvalue weighted by Crippen LogP contribution is -2.54. The van der Waals surface area contributed by atoms with Crippen LogP contribution in [0.15, 0.2) is 76.8 Å². The number of rotatable bonds is 7. The summed E-state index contributed by atoms with van der Waals surface area (Å²) in [4.78, 5) is 38.8. The molecule has 4 rings (SSSR count). The second-order valence-corrected chi connectivity index (χ2v) is 8.37. The highest BCUT2D eigenvalue weighted by atomic mass is 79.9. The Morgan fingerprint density at radius 1 is 1.00 bits per heavy atom. The van der Waals surface area contributed by atoms with Gasteiger partial charge in [-0.3, -0.25) is 14.9 Å². The van der Waals surface area contributed by atoms with Gasteiger partial charge in [-0.25, -0.2) is 9.69 Å². The van der Waals surface area contributed by atoms with Crippen LogP contribution in [-0.4, -0.2) is 29.6 Å². The van der Waals surface area contributed by atoms with Crippen LogP contribution in [-0.2, 0) is 16.2 Å². The highest BCUT2D eigenvalue weighted by Gasteiger charge is 2.36. The monoisotopic (exact) mass is 536 g/mol. The van der Waals surface area contributed by atoms with Crippen LogP contribution in [0.2, 0.25) is 0 Å². The summed E-state index contributed by atoms with van der Waals surface area (Å²) >= 11 is 3.49. The molecule has 0 atom stereocenters. The zero-order valence-electron chi connectivity index (χ0n) is 18.7. The average Bonchev–Trinajstić information content (AvgIpc) is 2.83. The predicted molar refractivity (Wildman–Crippen MR) is 133 cm³/mol. The number of carbonyl (C=O) groups excluding carboxylic acids is 3. The molecule has 0 radical (unpaired) electrons. The number of urea groups is 1. The minimum absolute atomic E-state index is 0.0201. The zero-order valence-corrected chi connectivity index (χ0v) is 20.2. The maximum Gasteiger partial charge on any atom is 0.335 e. The van der Waals surface area contributed by atoms with Gasteiger partial charge >= 0.3 is 6.03 Å². The number of phenols is 1. The number of phenolic OH excluding ortho intramolecular Hbond substituents is 1. The van der Waals surface area contributed by atoms with Gasteiger partial charge < -0.3 is 14.6 Å². The molecule has 1 aliphatic rings. The third kappa shape index (κ3) is 5.36. The lowest BCUT2D eigenvalue weighted by molar-refractivity contribution is -0.122. The number of benzene rings is 3. The van der Waals surface area contributed by atoms with Crippen LogP contribution in [0, 0.1) is 0 Å². The van der Waals surface area contributed by atoms with Gasteiger partial charge in [-0.1, -0.05) is 30.3 Å². The topological polar surface area (TPSA) is 105 Å². The van der Waals surface area contributed by atoms with Gasteiger partial charge in [-0.15, -0.1) is 0 Å². The molecule has 4 amide bonds. The Kier molecular flexibility index (Phi) is 7.17. The SMILES string of the molecule is CCOc1cc(/C=C2\C(=O)NC(=O)N(c3ccc(O)cc3)C2=O)cc(Br)c1OCc1ccccc1.